The van der Waals surface area contributed by atoms with Gasteiger partial charge in [-0.25, -0.2) is 4.39 Å². The zero-order chi connectivity index (χ0) is 31.3. The van der Waals surface area contributed by atoms with Crippen LogP contribution in [-0.4, -0.2) is 48.0 Å². The maximum atomic E-state index is 14.1. The summed E-state index contributed by atoms with van der Waals surface area (Å²) in [6, 6.07) is 5.55. The minimum atomic E-state index is -5.01. The number of alkyl halides is 6. The van der Waals surface area contributed by atoms with Gasteiger partial charge in [0.25, 0.3) is 0 Å². The number of hydrogen-bond donors (Lipinski definition) is 1. The lowest BCUT2D eigenvalue weighted by atomic mass is 9.76. The van der Waals surface area contributed by atoms with Crippen LogP contribution in [0.5, 0.6) is 0 Å². The Morgan fingerprint density at radius 2 is 1.60 bits per heavy atom. The summed E-state index contributed by atoms with van der Waals surface area (Å²) in [6.45, 7) is 4.01. The van der Waals surface area contributed by atoms with Crippen molar-refractivity contribution >= 4 is 5.91 Å². The fourth-order valence-electron chi connectivity index (χ4n) is 6.77. The van der Waals surface area contributed by atoms with E-state index in [1.807, 2.05) is 0 Å². The Hall–Kier alpha value is -2.70. The van der Waals surface area contributed by atoms with Crippen molar-refractivity contribution in [2.24, 2.45) is 17.8 Å². The van der Waals surface area contributed by atoms with Gasteiger partial charge >= 0.3 is 12.4 Å². The van der Waals surface area contributed by atoms with Crippen LogP contribution in [0.2, 0.25) is 0 Å². The molecule has 1 amide bonds. The van der Waals surface area contributed by atoms with Crippen LogP contribution in [0.1, 0.15) is 72.4 Å². The van der Waals surface area contributed by atoms with Crippen LogP contribution in [0, 0.1) is 30.5 Å². The van der Waals surface area contributed by atoms with E-state index in [-0.39, 0.29) is 41.9 Å². The molecule has 3 aliphatic rings. The molecule has 1 N–H and O–H groups in total. The molecule has 1 unspecified atom stereocenters. The summed E-state index contributed by atoms with van der Waals surface area (Å²) in [5.74, 6) is -1.56. The van der Waals surface area contributed by atoms with Crippen LogP contribution in [0.3, 0.4) is 0 Å². The highest BCUT2D eigenvalue weighted by molar-refractivity contribution is 5.79. The predicted octanol–water partition coefficient (Wildman–Crippen LogP) is 7.02. The van der Waals surface area contributed by atoms with Crippen molar-refractivity contribution in [3.63, 3.8) is 0 Å². The van der Waals surface area contributed by atoms with E-state index in [9.17, 15) is 40.6 Å². The van der Waals surface area contributed by atoms with Crippen molar-refractivity contribution in [2.45, 2.75) is 76.3 Å². The van der Waals surface area contributed by atoms with E-state index in [0.717, 1.165) is 0 Å². The Balaban J connectivity index is 1.43. The third kappa shape index (κ3) is 6.86. The Bertz CT molecular complexity index is 1290. The number of aliphatic hydroxyl groups is 1. The Labute approximate surface area is 245 Å². The van der Waals surface area contributed by atoms with Gasteiger partial charge in [-0.3, -0.25) is 4.79 Å². The van der Waals surface area contributed by atoms with Gasteiger partial charge in [0.15, 0.2) is 6.29 Å². The largest absolute Gasteiger partial charge is 0.416 e. The normalized spacial score (nSPS) is 28.9. The highest BCUT2D eigenvalue weighted by Gasteiger charge is 2.49. The lowest BCUT2D eigenvalue weighted by molar-refractivity contribution is -0.217. The van der Waals surface area contributed by atoms with Gasteiger partial charge in [0.1, 0.15) is 5.82 Å². The van der Waals surface area contributed by atoms with Crippen LogP contribution >= 0.6 is 0 Å². The number of aliphatic hydroxyl groups excluding tert-OH is 1. The van der Waals surface area contributed by atoms with E-state index in [0.29, 0.717) is 62.0 Å². The second-order valence-corrected chi connectivity index (χ2v) is 12.0. The molecule has 2 aromatic rings. The quantitative estimate of drug-likeness (QED) is 0.367. The fourth-order valence-corrected chi connectivity index (χ4v) is 6.77. The molecule has 5 atom stereocenters. The van der Waals surface area contributed by atoms with E-state index in [1.54, 1.807) is 17.9 Å². The number of aryl methyl sites for hydroxylation is 1. The summed E-state index contributed by atoms with van der Waals surface area (Å²) >= 11 is 0. The molecule has 3 fully saturated rings. The molecule has 43 heavy (non-hydrogen) atoms. The molecular formula is C31H34F7NO4. The van der Waals surface area contributed by atoms with Crippen LogP contribution < -0.4 is 0 Å². The Morgan fingerprint density at radius 3 is 2.19 bits per heavy atom. The summed E-state index contributed by atoms with van der Waals surface area (Å²) in [7, 11) is 0. The Morgan fingerprint density at radius 1 is 0.977 bits per heavy atom. The first-order valence-electron chi connectivity index (χ1n) is 14.4. The molecule has 0 bridgehead atoms. The minimum absolute atomic E-state index is 0.00893. The molecule has 5 nitrogen and oxygen atoms in total. The van der Waals surface area contributed by atoms with Crippen LogP contribution in [-0.2, 0) is 26.6 Å². The maximum absolute atomic E-state index is 14.1. The van der Waals surface area contributed by atoms with Crippen molar-refractivity contribution in [1.29, 1.82) is 0 Å². The van der Waals surface area contributed by atoms with Gasteiger partial charge in [-0.15, -0.1) is 0 Å². The van der Waals surface area contributed by atoms with Crippen molar-refractivity contribution in [3.05, 3.63) is 70.0 Å². The molecule has 2 aliphatic heterocycles. The molecule has 5 rings (SSSR count). The number of rotatable bonds is 5. The number of carbonyl (C=O) groups is 1. The van der Waals surface area contributed by atoms with Gasteiger partial charge in [0.05, 0.1) is 29.9 Å². The average molecular weight is 618 g/mol. The van der Waals surface area contributed by atoms with Crippen molar-refractivity contribution < 1.29 is 50.1 Å². The average Bonchev–Trinajstić information content (AvgIpc) is 3.37. The fraction of sp³-hybridized carbons (Fsp3) is 0.581. The molecule has 2 saturated heterocycles. The summed E-state index contributed by atoms with van der Waals surface area (Å²) in [6.07, 6.45) is -10.4. The van der Waals surface area contributed by atoms with E-state index in [4.69, 9.17) is 9.47 Å². The number of ether oxygens (including phenoxy) is 2. The zero-order valence-corrected chi connectivity index (χ0v) is 23.7. The summed E-state index contributed by atoms with van der Waals surface area (Å²) in [5, 5.41) is 9.85. The second kappa shape index (κ2) is 12.0. The lowest BCUT2D eigenvalue weighted by Gasteiger charge is -2.41. The first-order chi connectivity index (χ1) is 20.1. The van der Waals surface area contributed by atoms with E-state index in [1.165, 1.54) is 19.1 Å². The first-order valence-corrected chi connectivity index (χ1v) is 14.4. The minimum Gasteiger partial charge on any atom is -0.393 e. The topological polar surface area (TPSA) is 59.0 Å². The van der Waals surface area contributed by atoms with Crippen LogP contribution in [0.15, 0.2) is 36.4 Å². The highest BCUT2D eigenvalue weighted by atomic mass is 19.4. The van der Waals surface area contributed by atoms with Crippen molar-refractivity contribution in [3.8, 4) is 0 Å². The van der Waals surface area contributed by atoms with Gasteiger partial charge in [-0.2, -0.15) is 26.3 Å². The number of likely N-dealkylation sites (tertiary alicyclic amines) is 1. The number of amides is 1. The van der Waals surface area contributed by atoms with E-state index < -0.39 is 53.7 Å². The zero-order valence-electron chi connectivity index (χ0n) is 23.7. The van der Waals surface area contributed by atoms with Gasteiger partial charge in [0, 0.05) is 30.8 Å². The lowest BCUT2D eigenvalue weighted by Crippen LogP contribution is -2.42. The molecule has 0 aromatic heterocycles. The summed E-state index contributed by atoms with van der Waals surface area (Å²) < 4.78 is 107. The van der Waals surface area contributed by atoms with Crippen LogP contribution in [0.25, 0.3) is 0 Å². The molecule has 1 saturated carbocycles. The van der Waals surface area contributed by atoms with Gasteiger partial charge in [0.2, 0.25) is 5.91 Å². The maximum Gasteiger partial charge on any atom is 0.416 e. The number of hydrogen-bond acceptors (Lipinski definition) is 4. The summed E-state index contributed by atoms with van der Waals surface area (Å²) in [5.41, 5.74) is -1.94. The van der Waals surface area contributed by atoms with E-state index in [2.05, 4.69) is 0 Å². The number of halogens is 7. The highest BCUT2D eigenvalue weighted by Crippen LogP contribution is 2.47. The number of carbonyl (C=O) groups excluding carboxylic acids is 1. The molecule has 12 heteroatoms. The SMILES string of the molecule is Cc1cc(F)ccc1[C@H]1C2CN(C(=O)C3CCC(O)CC3)C[C@H]2CO[C@@H]1O[C@H](C)c1cc(C(F)(F)F)cc(C(F)(F)F)c1. The molecule has 2 aromatic carbocycles. The molecule has 0 spiro atoms. The number of nitrogens with zero attached hydrogens (tertiary/aromatic N) is 1. The van der Waals surface area contributed by atoms with E-state index >= 15 is 0 Å². The monoisotopic (exact) mass is 617 g/mol. The predicted molar refractivity (Wildman–Crippen MR) is 141 cm³/mol. The third-order valence-corrected chi connectivity index (χ3v) is 9.09. The summed E-state index contributed by atoms with van der Waals surface area (Å²) in [4.78, 5) is 15.2. The molecule has 1 aliphatic carbocycles. The molecule has 0 radical (unpaired) electrons. The number of benzene rings is 2. The second-order valence-electron chi connectivity index (χ2n) is 12.0. The van der Waals surface area contributed by atoms with Gasteiger partial charge in [-0.1, -0.05) is 6.07 Å². The van der Waals surface area contributed by atoms with Crippen molar-refractivity contribution in [1.82, 2.24) is 4.90 Å². The number of fused-ring (bicyclic) bond motifs is 1. The third-order valence-electron chi connectivity index (χ3n) is 9.09. The van der Waals surface area contributed by atoms with Gasteiger partial charge < -0.3 is 19.5 Å². The van der Waals surface area contributed by atoms with Crippen LogP contribution in [0.4, 0.5) is 30.7 Å². The molecule has 2 heterocycles. The Kier molecular flexibility index (Phi) is 8.85. The standard InChI is InChI=1S/C31H34F7NO4/c1-16-9-23(32)5-8-25(16)27-26-14-39(28(41)18-3-6-24(40)7-4-18)13-20(26)15-42-29(27)43-17(2)19-10-21(30(33,34)35)12-22(11-19)31(36,37)38/h5,8-12,17-18,20,24,26-27,29,40H,3-4,6-7,13-15H2,1-2H3/t17-,18?,20+,24?,26?,27+,29-/m1/s1. The molecule has 236 valence electrons. The first kappa shape index (κ1) is 31.7. The van der Waals surface area contributed by atoms with Gasteiger partial charge in [-0.05, 0) is 92.5 Å². The smallest absolute Gasteiger partial charge is 0.393 e. The molecular weight excluding hydrogens is 583 g/mol. The van der Waals surface area contributed by atoms with Crippen molar-refractivity contribution in [2.75, 3.05) is 19.7 Å².